The number of hydrogen-bond donors (Lipinski definition) is 1. The fourth-order valence-corrected chi connectivity index (χ4v) is 5.99. The van der Waals surface area contributed by atoms with Crippen molar-refractivity contribution in [2.24, 2.45) is 0 Å². The molecule has 4 amide bonds. The highest BCUT2D eigenvalue weighted by Gasteiger charge is 2.37. The molecular formula is C40H56BrCl2N5O9. The number of esters is 1. The molecule has 2 aliphatic rings. The molecule has 0 spiro atoms. The fraction of sp³-hybridized carbons (Fsp3) is 0.550. The molecule has 2 heterocycles. The van der Waals surface area contributed by atoms with E-state index in [9.17, 15) is 28.8 Å². The summed E-state index contributed by atoms with van der Waals surface area (Å²) in [6, 6.07) is 13.1. The van der Waals surface area contributed by atoms with Gasteiger partial charge in [0.2, 0.25) is 11.8 Å². The van der Waals surface area contributed by atoms with Crippen molar-refractivity contribution in [3.05, 3.63) is 69.7 Å². The Morgan fingerprint density at radius 1 is 0.789 bits per heavy atom. The number of ether oxygens (including phenoxy) is 3. The predicted molar refractivity (Wildman–Crippen MR) is 222 cm³/mol. The van der Waals surface area contributed by atoms with E-state index in [1.165, 1.54) is 21.8 Å². The number of carbonyl (C=O) groups excluding carboxylic acids is 6. The fourth-order valence-electron chi connectivity index (χ4n) is 5.25. The lowest BCUT2D eigenvalue weighted by Crippen LogP contribution is -2.56. The summed E-state index contributed by atoms with van der Waals surface area (Å²) in [5.74, 6) is -0.780. The lowest BCUT2D eigenvalue weighted by molar-refractivity contribution is -0.144. The van der Waals surface area contributed by atoms with Gasteiger partial charge in [-0.3, -0.25) is 24.1 Å². The number of nitrogens with one attached hydrogen (secondary N) is 1. The molecule has 316 valence electrons. The van der Waals surface area contributed by atoms with Crippen LogP contribution >= 0.6 is 39.1 Å². The van der Waals surface area contributed by atoms with Gasteiger partial charge in [0, 0.05) is 49.2 Å². The third-order valence-electron chi connectivity index (χ3n) is 7.99. The van der Waals surface area contributed by atoms with Gasteiger partial charge in [0.05, 0.1) is 13.7 Å². The number of hydrogen-bond acceptors (Lipinski definition) is 10. The average Bonchev–Trinajstić information content (AvgIpc) is 3.12. The molecule has 2 aliphatic heterocycles. The zero-order valence-electron chi connectivity index (χ0n) is 34.2. The van der Waals surface area contributed by atoms with Crippen LogP contribution in [0, 0.1) is 0 Å². The minimum Gasteiger partial charge on any atom is -0.468 e. The van der Waals surface area contributed by atoms with Crippen molar-refractivity contribution in [3.63, 3.8) is 0 Å². The van der Waals surface area contributed by atoms with Gasteiger partial charge in [0.15, 0.2) is 5.78 Å². The van der Waals surface area contributed by atoms with E-state index in [4.69, 9.17) is 32.7 Å². The van der Waals surface area contributed by atoms with E-state index in [1.807, 2.05) is 39.8 Å². The van der Waals surface area contributed by atoms with Crippen LogP contribution in [-0.2, 0) is 33.4 Å². The molecule has 0 aromatic heterocycles. The minimum atomic E-state index is -0.794. The largest absolute Gasteiger partial charge is 0.468 e. The van der Waals surface area contributed by atoms with Gasteiger partial charge < -0.3 is 34.2 Å². The maximum absolute atomic E-state index is 13.0. The van der Waals surface area contributed by atoms with E-state index in [1.54, 1.807) is 69.3 Å². The zero-order chi connectivity index (χ0) is 43.1. The SMILES string of the molecule is CC(C)(C)OC(=O)N1CCCC(=O)C1.CN(C)CCNC(=O)C(c1ccc(Cl)cc1)N1CCN(C(=O)OC(C)(C)C)CC1=O.COC(=O)C(Br)c1ccc(Cl)cc1. The molecule has 0 saturated carbocycles. The van der Waals surface area contributed by atoms with E-state index in [-0.39, 0.29) is 55.8 Å². The van der Waals surface area contributed by atoms with Gasteiger partial charge in [0.1, 0.15) is 28.6 Å². The van der Waals surface area contributed by atoms with Crippen LogP contribution in [0.25, 0.3) is 0 Å². The Balaban J connectivity index is 0.000000342. The first kappa shape index (κ1) is 49.2. The van der Waals surface area contributed by atoms with Crippen molar-refractivity contribution in [1.29, 1.82) is 0 Å². The van der Waals surface area contributed by atoms with Crippen LogP contribution in [0.5, 0.6) is 0 Å². The van der Waals surface area contributed by atoms with Gasteiger partial charge in [0.25, 0.3) is 0 Å². The Kier molecular flexibility index (Phi) is 19.8. The van der Waals surface area contributed by atoms with Crippen molar-refractivity contribution >= 4 is 74.9 Å². The monoisotopic (exact) mass is 899 g/mol. The summed E-state index contributed by atoms with van der Waals surface area (Å²) >= 11 is 14.9. The molecule has 0 aliphatic carbocycles. The quantitative estimate of drug-likeness (QED) is 0.173. The number of piperidine rings is 1. The summed E-state index contributed by atoms with van der Waals surface area (Å²) in [7, 11) is 5.19. The lowest BCUT2D eigenvalue weighted by Gasteiger charge is -2.38. The summed E-state index contributed by atoms with van der Waals surface area (Å²) in [5, 5.41) is 4.09. The number of likely N-dealkylation sites (N-methyl/N-ethyl adjacent to an activating group) is 1. The lowest BCUT2D eigenvalue weighted by atomic mass is 10.0. The molecule has 2 unspecified atom stereocenters. The molecule has 2 aromatic carbocycles. The number of amides is 4. The molecular weight excluding hydrogens is 845 g/mol. The second-order valence-electron chi connectivity index (χ2n) is 15.5. The molecule has 14 nitrogen and oxygen atoms in total. The van der Waals surface area contributed by atoms with Crippen molar-refractivity contribution in [3.8, 4) is 0 Å². The third-order valence-corrected chi connectivity index (χ3v) is 9.39. The van der Waals surface area contributed by atoms with Crippen molar-refractivity contribution in [2.45, 2.75) is 76.5 Å². The number of ketones is 1. The van der Waals surface area contributed by atoms with Crippen LogP contribution in [0.1, 0.15) is 76.4 Å². The van der Waals surface area contributed by atoms with Gasteiger partial charge in [-0.05, 0) is 97.5 Å². The molecule has 1 N–H and O–H groups in total. The highest BCUT2D eigenvalue weighted by atomic mass is 79.9. The van der Waals surface area contributed by atoms with Crippen molar-refractivity contribution < 1.29 is 43.0 Å². The summed E-state index contributed by atoms with van der Waals surface area (Å²) in [4.78, 5) is 77.8. The Morgan fingerprint density at radius 2 is 1.28 bits per heavy atom. The second kappa shape index (κ2) is 22.9. The molecule has 0 radical (unpaired) electrons. The maximum atomic E-state index is 13.0. The number of benzene rings is 2. The summed E-state index contributed by atoms with van der Waals surface area (Å²) in [6.45, 7) is 13.1. The van der Waals surface area contributed by atoms with E-state index < -0.39 is 28.2 Å². The number of likely N-dealkylation sites (tertiary alicyclic amines) is 1. The Morgan fingerprint density at radius 3 is 1.72 bits per heavy atom. The summed E-state index contributed by atoms with van der Waals surface area (Å²) in [6.07, 6.45) is 0.414. The number of alkyl halides is 1. The summed E-state index contributed by atoms with van der Waals surface area (Å²) < 4.78 is 15.1. The number of carbonyl (C=O) groups is 6. The van der Waals surface area contributed by atoms with Crippen LogP contribution in [0.3, 0.4) is 0 Å². The Bertz CT molecular complexity index is 1670. The van der Waals surface area contributed by atoms with Crippen LogP contribution in [0.15, 0.2) is 48.5 Å². The van der Waals surface area contributed by atoms with E-state index in [2.05, 4.69) is 26.0 Å². The summed E-state index contributed by atoms with van der Waals surface area (Å²) in [5.41, 5.74) is 0.365. The van der Waals surface area contributed by atoms with Crippen molar-refractivity contribution in [2.75, 3.05) is 67.0 Å². The molecule has 2 fully saturated rings. The van der Waals surface area contributed by atoms with E-state index in [0.717, 1.165) is 12.0 Å². The first-order valence-electron chi connectivity index (χ1n) is 18.4. The zero-order valence-corrected chi connectivity index (χ0v) is 37.3. The smallest absolute Gasteiger partial charge is 0.410 e. The number of nitrogens with zero attached hydrogens (tertiary/aromatic N) is 4. The number of methoxy groups -OCH3 is 1. The standard InChI is InChI=1S/C21H31ClN4O4.C10H17NO3.C9H8BrClO2/c1-21(2,3)30-20(29)25-12-13-26(17(27)14-25)18(15-6-8-16(22)9-7-15)19(28)23-10-11-24(4)5;1-10(2,3)14-9(13)11-6-4-5-8(12)7-11;1-13-9(12)8(10)6-2-4-7(11)5-3-6/h6-9,18H,10-14H2,1-5H3,(H,23,28);4-7H2,1-3H3;2-5,8H,1H3. The highest BCUT2D eigenvalue weighted by molar-refractivity contribution is 9.09. The molecule has 2 aromatic rings. The molecule has 2 saturated heterocycles. The molecule has 2 atom stereocenters. The molecule has 57 heavy (non-hydrogen) atoms. The van der Waals surface area contributed by atoms with E-state index in [0.29, 0.717) is 41.7 Å². The number of halogens is 3. The van der Waals surface area contributed by atoms with Crippen LogP contribution < -0.4 is 5.32 Å². The highest BCUT2D eigenvalue weighted by Crippen LogP contribution is 2.27. The number of Topliss-reactive ketones (excluding diaryl/α,β-unsaturated/α-hetero) is 1. The Labute approximate surface area is 354 Å². The van der Waals surface area contributed by atoms with Gasteiger partial charge in [-0.15, -0.1) is 0 Å². The number of piperazine rings is 1. The van der Waals surface area contributed by atoms with E-state index >= 15 is 0 Å². The van der Waals surface area contributed by atoms with Crippen LogP contribution in [0.4, 0.5) is 9.59 Å². The van der Waals surface area contributed by atoms with Crippen LogP contribution in [0.2, 0.25) is 10.0 Å². The predicted octanol–water partition coefficient (Wildman–Crippen LogP) is 6.67. The molecule has 0 bridgehead atoms. The Hall–Kier alpha value is -3.92. The van der Waals surface area contributed by atoms with Gasteiger partial charge in [-0.1, -0.05) is 63.4 Å². The maximum Gasteiger partial charge on any atom is 0.410 e. The first-order chi connectivity index (χ1) is 26.5. The molecule has 17 heteroatoms. The van der Waals surface area contributed by atoms with Crippen LogP contribution in [-0.4, -0.2) is 134 Å². The topological polar surface area (TPSA) is 155 Å². The number of rotatable bonds is 8. The average molecular weight is 902 g/mol. The normalized spacial score (nSPS) is 15.6. The minimum absolute atomic E-state index is 0.113. The third kappa shape index (κ3) is 18.0. The van der Waals surface area contributed by atoms with Crippen molar-refractivity contribution in [1.82, 2.24) is 24.9 Å². The molecule has 4 rings (SSSR count). The van der Waals surface area contributed by atoms with Gasteiger partial charge in [-0.2, -0.15) is 0 Å². The van der Waals surface area contributed by atoms with Gasteiger partial charge >= 0.3 is 18.2 Å². The van der Waals surface area contributed by atoms with Gasteiger partial charge in [-0.25, -0.2) is 9.59 Å². The second-order valence-corrected chi connectivity index (χ2v) is 17.3. The first-order valence-corrected chi connectivity index (χ1v) is 20.1.